The number of rotatable bonds is 19. The average Bonchev–Trinajstić information content (AvgIpc) is 3.56. The fraction of sp³-hybridized carbons (Fsp3) is 0.293. The van der Waals surface area contributed by atoms with E-state index in [-0.39, 0.29) is 24.7 Å². The van der Waals surface area contributed by atoms with Crippen LogP contribution in [0.4, 0.5) is 0 Å². The van der Waals surface area contributed by atoms with Crippen molar-refractivity contribution >= 4 is 28.6 Å². The third kappa shape index (κ3) is 11.1. The molecule has 0 aliphatic rings. The second-order valence-corrected chi connectivity index (χ2v) is 12.6. The summed E-state index contributed by atoms with van der Waals surface area (Å²) in [7, 11) is 0. The van der Waals surface area contributed by atoms with Crippen molar-refractivity contribution in [2.75, 3.05) is 6.54 Å². The van der Waals surface area contributed by atoms with Crippen LogP contribution in [-0.4, -0.2) is 40.5 Å². The van der Waals surface area contributed by atoms with Gasteiger partial charge in [-0.25, -0.2) is 5.48 Å². The molecule has 3 amide bonds. The number of fused-ring (bicyclic) bond motifs is 1. The Morgan fingerprint density at radius 3 is 2.14 bits per heavy atom. The van der Waals surface area contributed by atoms with Crippen molar-refractivity contribution in [3.05, 3.63) is 138 Å². The number of aromatic nitrogens is 1. The molecule has 0 saturated heterocycles. The van der Waals surface area contributed by atoms with E-state index in [4.69, 9.17) is 4.74 Å². The van der Waals surface area contributed by atoms with Crippen LogP contribution < -0.4 is 20.9 Å². The zero-order valence-electron chi connectivity index (χ0n) is 28.3. The molecule has 9 nitrogen and oxygen atoms in total. The quantitative estimate of drug-likeness (QED) is 0.0390. The van der Waals surface area contributed by atoms with Crippen LogP contribution in [-0.2, 0) is 40.3 Å². The highest BCUT2D eigenvalue weighted by Gasteiger charge is 2.28. The fourth-order valence-electron chi connectivity index (χ4n) is 6.10. The number of hydrogen-bond donors (Lipinski definition) is 5. The van der Waals surface area contributed by atoms with Gasteiger partial charge in [-0.05, 0) is 66.1 Å². The van der Waals surface area contributed by atoms with Crippen LogP contribution in [0.15, 0.2) is 115 Å². The van der Waals surface area contributed by atoms with Crippen molar-refractivity contribution in [1.82, 2.24) is 21.1 Å². The molecule has 5 N–H and O–H groups in total. The Balaban J connectivity index is 1.15. The molecule has 0 spiro atoms. The van der Waals surface area contributed by atoms with Crippen LogP contribution in [0, 0.1) is 5.92 Å². The summed E-state index contributed by atoms with van der Waals surface area (Å²) in [4.78, 5) is 42.7. The van der Waals surface area contributed by atoms with E-state index in [0.29, 0.717) is 32.4 Å². The highest BCUT2D eigenvalue weighted by Crippen LogP contribution is 2.21. The van der Waals surface area contributed by atoms with E-state index in [1.807, 2.05) is 103 Å². The van der Waals surface area contributed by atoms with E-state index in [2.05, 4.69) is 27.8 Å². The van der Waals surface area contributed by atoms with E-state index in [0.717, 1.165) is 52.6 Å². The van der Waals surface area contributed by atoms with Gasteiger partial charge in [0, 0.05) is 42.4 Å². The molecule has 0 aliphatic carbocycles. The molecule has 0 saturated carbocycles. The van der Waals surface area contributed by atoms with E-state index in [1.54, 1.807) is 5.48 Å². The maximum Gasteiger partial charge on any atom is 0.244 e. The molecule has 5 rings (SSSR count). The smallest absolute Gasteiger partial charge is 0.244 e. The van der Waals surface area contributed by atoms with E-state index >= 15 is 0 Å². The summed E-state index contributed by atoms with van der Waals surface area (Å²) in [6, 6.07) is 35.0. The summed E-state index contributed by atoms with van der Waals surface area (Å²) < 4.78 is 5.89. The topological polar surface area (TPSA) is 133 Å². The predicted molar refractivity (Wildman–Crippen MR) is 195 cm³/mol. The molecule has 0 radical (unpaired) electrons. The normalized spacial score (nSPS) is 12.2. The number of benzene rings is 4. The maximum absolute atomic E-state index is 13.7. The van der Waals surface area contributed by atoms with Gasteiger partial charge in [0.05, 0.1) is 0 Å². The van der Waals surface area contributed by atoms with E-state index < -0.39 is 17.9 Å². The lowest BCUT2D eigenvalue weighted by Crippen LogP contribution is -2.50. The second kappa shape index (κ2) is 19.0. The number of H-pyrrole nitrogens is 1. The highest BCUT2D eigenvalue weighted by molar-refractivity contribution is 5.91. The van der Waals surface area contributed by atoms with Gasteiger partial charge in [0.25, 0.3) is 0 Å². The molecule has 5 aromatic rings. The van der Waals surface area contributed by atoms with E-state index in [9.17, 15) is 19.6 Å². The molecule has 2 atom stereocenters. The number of amides is 3. The summed E-state index contributed by atoms with van der Waals surface area (Å²) in [6.45, 7) is 0.939. The number of para-hydroxylation sites is 1. The first kappa shape index (κ1) is 35.9. The first-order valence-corrected chi connectivity index (χ1v) is 17.3. The predicted octanol–water partition coefficient (Wildman–Crippen LogP) is 6.45. The molecule has 9 heteroatoms. The zero-order chi connectivity index (χ0) is 35.0. The number of carbonyl (C=O) groups excluding carboxylic acids is 3. The summed E-state index contributed by atoms with van der Waals surface area (Å²) in [5, 5.41) is 16.2. The SMILES string of the molecule is O=C(C[C@H](CCCCCc1ccc(OCc2ccccc2)cc1)C(=O)N[C@H](Cc1c[nH]c2ccccc12)C(=O)NCCc1ccccc1)NO. The highest BCUT2D eigenvalue weighted by atomic mass is 16.5. The Kier molecular flexibility index (Phi) is 13.6. The summed E-state index contributed by atoms with van der Waals surface area (Å²) in [5.74, 6) is -1.20. The second-order valence-electron chi connectivity index (χ2n) is 12.6. The lowest BCUT2D eigenvalue weighted by Gasteiger charge is -2.22. The monoisotopic (exact) mass is 674 g/mol. The molecule has 0 bridgehead atoms. The molecular weight excluding hydrogens is 628 g/mol. The van der Waals surface area contributed by atoms with Crippen molar-refractivity contribution < 1.29 is 24.3 Å². The van der Waals surface area contributed by atoms with Gasteiger partial charge in [0.15, 0.2) is 0 Å². The number of unbranched alkanes of at least 4 members (excludes halogenated alkanes) is 2. The van der Waals surface area contributed by atoms with Gasteiger partial charge in [-0.2, -0.15) is 0 Å². The number of hydroxylamine groups is 1. The van der Waals surface area contributed by atoms with Gasteiger partial charge < -0.3 is 20.4 Å². The van der Waals surface area contributed by atoms with Gasteiger partial charge in [-0.1, -0.05) is 104 Å². The molecule has 260 valence electrons. The van der Waals surface area contributed by atoms with Gasteiger partial charge in [0.2, 0.25) is 17.7 Å². The van der Waals surface area contributed by atoms with Crippen LogP contribution in [0.1, 0.15) is 54.4 Å². The average molecular weight is 675 g/mol. The summed E-state index contributed by atoms with van der Waals surface area (Å²) in [6.07, 6.45) is 6.43. The number of carbonyl (C=O) groups is 3. The van der Waals surface area contributed by atoms with Crippen LogP contribution in [0.3, 0.4) is 0 Å². The van der Waals surface area contributed by atoms with Crippen molar-refractivity contribution in [3.63, 3.8) is 0 Å². The van der Waals surface area contributed by atoms with Gasteiger partial charge in [-0.15, -0.1) is 0 Å². The number of aromatic amines is 1. The largest absolute Gasteiger partial charge is 0.489 e. The molecule has 0 unspecified atom stereocenters. The van der Waals surface area contributed by atoms with Crippen molar-refractivity contribution in [2.24, 2.45) is 5.92 Å². The minimum atomic E-state index is -0.850. The minimum Gasteiger partial charge on any atom is -0.489 e. The Labute approximate surface area is 293 Å². The standard InChI is InChI=1S/C41H46N4O5/c46-39(45-49)27-33(17-9-3-6-14-31-20-22-35(23-21-31)50-29-32-15-7-2-8-16-32)40(47)44-38(26-34-28-43-37-19-11-10-18-36(34)37)41(48)42-25-24-30-12-4-1-5-13-30/h1-2,4-5,7-8,10-13,15-16,18-23,28,33,38,43,49H,3,6,9,14,17,24-27,29H2,(H,42,48)(H,44,47)(H,45,46)/t33-,38+/m0/s1. The summed E-state index contributed by atoms with van der Waals surface area (Å²) in [5.41, 5.74) is 6.93. The molecule has 1 heterocycles. The minimum absolute atomic E-state index is 0.178. The number of hydrogen-bond acceptors (Lipinski definition) is 5. The number of ether oxygens (including phenoxy) is 1. The van der Waals surface area contributed by atoms with Crippen molar-refractivity contribution in [1.29, 1.82) is 0 Å². The molecule has 4 aromatic carbocycles. The van der Waals surface area contributed by atoms with Gasteiger partial charge in [0.1, 0.15) is 18.4 Å². The molecular formula is C41H46N4O5. The first-order chi connectivity index (χ1) is 24.5. The third-order valence-corrected chi connectivity index (χ3v) is 8.90. The third-order valence-electron chi connectivity index (χ3n) is 8.90. The Morgan fingerprint density at radius 2 is 1.40 bits per heavy atom. The summed E-state index contributed by atoms with van der Waals surface area (Å²) >= 11 is 0. The molecule has 0 aliphatic heterocycles. The number of nitrogens with one attached hydrogen (secondary N) is 4. The van der Waals surface area contributed by atoms with Crippen LogP contribution in [0.2, 0.25) is 0 Å². The Bertz CT molecular complexity index is 1790. The Hall–Kier alpha value is -5.41. The fourth-order valence-corrected chi connectivity index (χ4v) is 6.10. The zero-order valence-corrected chi connectivity index (χ0v) is 28.3. The van der Waals surface area contributed by atoms with Gasteiger partial charge in [-0.3, -0.25) is 19.6 Å². The van der Waals surface area contributed by atoms with E-state index in [1.165, 1.54) is 5.56 Å². The van der Waals surface area contributed by atoms with Gasteiger partial charge >= 0.3 is 0 Å². The lowest BCUT2D eigenvalue weighted by molar-refractivity contribution is -0.136. The molecule has 1 aromatic heterocycles. The number of aryl methyl sites for hydroxylation is 1. The van der Waals surface area contributed by atoms with Crippen molar-refractivity contribution in [2.45, 2.75) is 64.0 Å². The van der Waals surface area contributed by atoms with Crippen LogP contribution in [0.25, 0.3) is 10.9 Å². The van der Waals surface area contributed by atoms with Crippen LogP contribution in [0.5, 0.6) is 5.75 Å². The van der Waals surface area contributed by atoms with Crippen LogP contribution >= 0.6 is 0 Å². The first-order valence-electron chi connectivity index (χ1n) is 17.3. The van der Waals surface area contributed by atoms with Crippen molar-refractivity contribution in [3.8, 4) is 5.75 Å². The lowest BCUT2D eigenvalue weighted by atomic mass is 9.94. The molecule has 50 heavy (non-hydrogen) atoms. The molecule has 0 fully saturated rings. The maximum atomic E-state index is 13.7. The Morgan fingerprint density at radius 1 is 0.720 bits per heavy atom.